The summed E-state index contributed by atoms with van der Waals surface area (Å²) >= 11 is 1.68. The smallest absolute Gasteiger partial charge is 0.143 e. The van der Waals surface area contributed by atoms with Crippen molar-refractivity contribution in [3.05, 3.63) is 41.6 Å². The Morgan fingerprint density at radius 1 is 1.13 bits per heavy atom. The minimum atomic E-state index is 0.605. The van der Waals surface area contributed by atoms with Crippen LogP contribution in [0.3, 0.4) is 0 Å². The van der Waals surface area contributed by atoms with Gasteiger partial charge in [0, 0.05) is 13.0 Å². The molecule has 5 nitrogen and oxygen atoms in total. The standard InChI is InChI=1S/C17H19N5S/c1-11-17(19-14-9-4-3-8-13(14)18-11)23-10-15-20-21-16(22(15)2)12-6-5-7-12/h3-4,8-9,12H,5-7,10H2,1-2H3. The number of hydrogen-bond donors (Lipinski definition) is 0. The number of nitrogens with zero attached hydrogens (tertiary/aromatic N) is 5. The van der Waals surface area contributed by atoms with E-state index in [1.165, 1.54) is 19.3 Å². The number of rotatable bonds is 4. The molecule has 0 saturated heterocycles. The fourth-order valence-corrected chi connectivity index (χ4v) is 3.80. The van der Waals surface area contributed by atoms with Gasteiger partial charge in [-0.1, -0.05) is 30.3 Å². The van der Waals surface area contributed by atoms with Gasteiger partial charge in [0.15, 0.2) is 0 Å². The third kappa shape index (κ3) is 2.72. The monoisotopic (exact) mass is 325 g/mol. The van der Waals surface area contributed by atoms with Gasteiger partial charge in [-0.25, -0.2) is 9.97 Å². The van der Waals surface area contributed by atoms with E-state index < -0.39 is 0 Å². The van der Waals surface area contributed by atoms with Crippen LogP contribution in [-0.4, -0.2) is 24.7 Å². The summed E-state index contributed by atoms with van der Waals surface area (Å²) in [4.78, 5) is 9.37. The van der Waals surface area contributed by atoms with E-state index in [1.807, 2.05) is 31.2 Å². The van der Waals surface area contributed by atoms with Crippen LogP contribution in [0.15, 0.2) is 29.3 Å². The SMILES string of the molecule is Cc1nc2ccccc2nc1SCc1nnc(C2CCC2)n1C. The molecule has 0 unspecified atom stereocenters. The summed E-state index contributed by atoms with van der Waals surface area (Å²) in [5, 5.41) is 9.72. The molecule has 1 fully saturated rings. The lowest BCUT2D eigenvalue weighted by Crippen LogP contribution is -2.14. The molecule has 23 heavy (non-hydrogen) atoms. The van der Waals surface area contributed by atoms with Crippen LogP contribution >= 0.6 is 11.8 Å². The quantitative estimate of drug-likeness (QED) is 0.686. The zero-order chi connectivity index (χ0) is 15.8. The van der Waals surface area contributed by atoms with Crippen molar-refractivity contribution in [3.8, 4) is 0 Å². The summed E-state index contributed by atoms with van der Waals surface area (Å²) in [6, 6.07) is 7.99. The van der Waals surface area contributed by atoms with Crippen LogP contribution in [0.5, 0.6) is 0 Å². The number of thioether (sulfide) groups is 1. The molecule has 6 heteroatoms. The second-order valence-electron chi connectivity index (χ2n) is 6.05. The molecule has 3 aromatic rings. The van der Waals surface area contributed by atoms with Crippen molar-refractivity contribution < 1.29 is 0 Å². The van der Waals surface area contributed by atoms with Crippen molar-refractivity contribution in [2.24, 2.45) is 7.05 Å². The molecule has 0 N–H and O–H groups in total. The molecule has 1 saturated carbocycles. The van der Waals surface area contributed by atoms with Crippen LogP contribution in [0.4, 0.5) is 0 Å². The number of benzene rings is 1. The Balaban J connectivity index is 1.55. The third-order valence-electron chi connectivity index (χ3n) is 4.51. The number of fused-ring (bicyclic) bond motifs is 1. The van der Waals surface area contributed by atoms with Crippen molar-refractivity contribution >= 4 is 22.8 Å². The summed E-state index contributed by atoms with van der Waals surface area (Å²) in [5.74, 6) is 3.51. The van der Waals surface area contributed by atoms with Gasteiger partial charge >= 0.3 is 0 Å². The van der Waals surface area contributed by atoms with Crippen LogP contribution in [0.25, 0.3) is 11.0 Å². The van der Waals surface area contributed by atoms with E-state index in [-0.39, 0.29) is 0 Å². The maximum Gasteiger partial charge on any atom is 0.143 e. The van der Waals surface area contributed by atoms with E-state index in [0.717, 1.165) is 39.2 Å². The molecule has 0 bridgehead atoms. The normalized spacial score (nSPS) is 15.0. The minimum Gasteiger partial charge on any atom is -0.317 e. The van der Waals surface area contributed by atoms with E-state index in [2.05, 4.69) is 26.8 Å². The molecule has 2 heterocycles. The van der Waals surface area contributed by atoms with E-state index in [1.54, 1.807) is 11.8 Å². The second kappa shape index (κ2) is 5.92. The molecule has 0 amide bonds. The molecular weight excluding hydrogens is 306 g/mol. The summed E-state index contributed by atoms with van der Waals surface area (Å²) in [5.41, 5.74) is 2.85. The molecule has 0 atom stereocenters. The summed E-state index contributed by atoms with van der Waals surface area (Å²) in [6.07, 6.45) is 3.80. The van der Waals surface area contributed by atoms with Gasteiger partial charge in [0.1, 0.15) is 16.7 Å². The lowest BCUT2D eigenvalue weighted by atomic mass is 9.85. The lowest BCUT2D eigenvalue weighted by molar-refractivity contribution is 0.391. The van der Waals surface area contributed by atoms with Crippen molar-refractivity contribution in [2.45, 2.75) is 42.9 Å². The van der Waals surface area contributed by atoms with Crippen molar-refractivity contribution in [3.63, 3.8) is 0 Å². The van der Waals surface area contributed by atoms with Crippen LogP contribution in [0.2, 0.25) is 0 Å². The van der Waals surface area contributed by atoms with Gasteiger partial charge in [-0.15, -0.1) is 10.2 Å². The topological polar surface area (TPSA) is 56.5 Å². The van der Waals surface area contributed by atoms with Crippen molar-refractivity contribution in [1.82, 2.24) is 24.7 Å². The Morgan fingerprint density at radius 2 is 1.87 bits per heavy atom. The fraction of sp³-hybridized carbons (Fsp3) is 0.412. The molecule has 0 spiro atoms. The first-order valence-corrected chi connectivity index (χ1v) is 8.95. The molecule has 2 aromatic heterocycles. The third-order valence-corrected chi connectivity index (χ3v) is 5.57. The highest BCUT2D eigenvalue weighted by atomic mass is 32.2. The van der Waals surface area contributed by atoms with Gasteiger partial charge < -0.3 is 4.57 Å². The molecule has 1 aliphatic carbocycles. The average Bonchev–Trinajstić information content (AvgIpc) is 2.85. The van der Waals surface area contributed by atoms with E-state index in [0.29, 0.717) is 5.92 Å². The number of aromatic nitrogens is 5. The van der Waals surface area contributed by atoms with Crippen LogP contribution < -0.4 is 0 Å². The van der Waals surface area contributed by atoms with Gasteiger partial charge in [-0.2, -0.15) is 0 Å². The lowest BCUT2D eigenvalue weighted by Gasteiger charge is -2.24. The molecule has 1 aliphatic rings. The minimum absolute atomic E-state index is 0.605. The van der Waals surface area contributed by atoms with Gasteiger partial charge in [-0.3, -0.25) is 0 Å². The predicted octanol–water partition coefficient (Wildman–Crippen LogP) is 3.63. The maximum atomic E-state index is 4.73. The van der Waals surface area contributed by atoms with E-state index in [4.69, 9.17) is 4.98 Å². The zero-order valence-corrected chi connectivity index (χ0v) is 14.2. The van der Waals surface area contributed by atoms with Crippen LogP contribution in [-0.2, 0) is 12.8 Å². The molecular formula is C17H19N5S. The Hall–Kier alpha value is -1.95. The first kappa shape index (κ1) is 14.6. The van der Waals surface area contributed by atoms with Crippen LogP contribution in [0, 0.1) is 6.92 Å². The Labute approximate surface area is 139 Å². The van der Waals surface area contributed by atoms with Gasteiger partial charge in [0.25, 0.3) is 0 Å². The Bertz CT molecular complexity index is 853. The highest BCUT2D eigenvalue weighted by Crippen LogP contribution is 2.35. The van der Waals surface area contributed by atoms with Crippen molar-refractivity contribution in [2.75, 3.05) is 0 Å². The molecule has 1 aromatic carbocycles. The van der Waals surface area contributed by atoms with E-state index >= 15 is 0 Å². The number of hydrogen-bond acceptors (Lipinski definition) is 5. The fourth-order valence-electron chi connectivity index (χ4n) is 2.86. The summed E-state index contributed by atoms with van der Waals surface area (Å²) in [7, 11) is 2.07. The first-order chi connectivity index (χ1) is 11.2. The zero-order valence-electron chi connectivity index (χ0n) is 13.4. The molecule has 0 aliphatic heterocycles. The largest absolute Gasteiger partial charge is 0.317 e. The predicted molar refractivity (Wildman–Crippen MR) is 91.4 cm³/mol. The highest BCUT2D eigenvalue weighted by Gasteiger charge is 2.25. The highest BCUT2D eigenvalue weighted by molar-refractivity contribution is 7.98. The number of para-hydroxylation sites is 2. The van der Waals surface area contributed by atoms with Gasteiger partial charge in [0.05, 0.1) is 22.5 Å². The molecule has 0 radical (unpaired) electrons. The van der Waals surface area contributed by atoms with Gasteiger partial charge in [-0.05, 0) is 31.9 Å². The first-order valence-electron chi connectivity index (χ1n) is 7.96. The van der Waals surface area contributed by atoms with Gasteiger partial charge in [0.2, 0.25) is 0 Å². The average molecular weight is 325 g/mol. The van der Waals surface area contributed by atoms with Crippen molar-refractivity contribution in [1.29, 1.82) is 0 Å². The Morgan fingerprint density at radius 3 is 2.57 bits per heavy atom. The number of aryl methyl sites for hydroxylation is 1. The Kier molecular flexibility index (Phi) is 3.77. The van der Waals surface area contributed by atoms with Crippen LogP contribution in [0.1, 0.15) is 42.5 Å². The maximum absolute atomic E-state index is 4.73. The second-order valence-corrected chi connectivity index (χ2v) is 7.02. The molecule has 4 rings (SSSR count). The summed E-state index contributed by atoms with van der Waals surface area (Å²) < 4.78 is 2.15. The molecule has 118 valence electrons. The van der Waals surface area contributed by atoms with E-state index in [9.17, 15) is 0 Å². The summed E-state index contributed by atoms with van der Waals surface area (Å²) in [6.45, 7) is 2.01.